The van der Waals surface area contributed by atoms with Crippen LogP contribution in [0.4, 0.5) is 11.5 Å². The molecule has 1 amide bonds. The Morgan fingerprint density at radius 3 is 2.30 bits per heavy atom. The van der Waals surface area contributed by atoms with Crippen LogP contribution in [-0.4, -0.2) is 19.3 Å². The molecule has 0 bridgehead atoms. The number of benzene rings is 2. The summed E-state index contributed by atoms with van der Waals surface area (Å²) >= 11 is 11.6. The van der Waals surface area contributed by atoms with Crippen LogP contribution in [0.15, 0.2) is 71.8 Å². The van der Waals surface area contributed by atoms with Crippen LogP contribution in [0.2, 0.25) is 10.0 Å². The SMILES string of the molecule is O=C(Nc1ccc(Cl)cc1)c1cccc(S(=O)(=O)Nc2ccc(Cl)cn2)c1. The predicted octanol–water partition coefficient (Wildman–Crippen LogP) is 4.44. The minimum absolute atomic E-state index is 0.0667. The van der Waals surface area contributed by atoms with Gasteiger partial charge in [0.1, 0.15) is 5.82 Å². The molecule has 3 rings (SSSR count). The van der Waals surface area contributed by atoms with Crippen molar-refractivity contribution in [1.29, 1.82) is 0 Å². The molecule has 3 aromatic rings. The van der Waals surface area contributed by atoms with Gasteiger partial charge in [-0.2, -0.15) is 0 Å². The van der Waals surface area contributed by atoms with E-state index < -0.39 is 15.9 Å². The molecule has 0 saturated carbocycles. The van der Waals surface area contributed by atoms with Crippen LogP contribution in [0.3, 0.4) is 0 Å². The van der Waals surface area contributed by atoms with Gasteiger partial charge in [0.25, 0.3) is 15.9 Å². The van der Waals surface area contributed by atoms with E-state index in [1.165, 1.54) is 42.6 Å². The molecule has 2 aromatic carbocycles. The minimum atomic E-state index is -3.91. The number of carbonyl (C=O) groups excluding carboxylic acids is 1. The van der Waals surface area contributed by atoms with E-state index in [-0.39, 0.29) is 16.3 Å². The number of hydrogen-bond acceptors (Lipinski definition) is 4. The summed E-state index contributed by atoms with van der Waals surface area (Å²) in [4.78, 5) is 16.2. The lowest BCUT2D eigenvalue weighted by Gasteiger charge is -2.09. The Labute approximate surface area is 166 Å². The molecule has 0 fully saturated rings. The monoisotopic (exact) mass is 421 g/mol. The van der Waals surface area contributed by atoms with Gasteiger partial charge in [0.05, 0.1) is 9.92 Å². The lowest BCUT2D eigenvalue weighted by molar-refractivity contribution is 0.102. The second-order valence-corrected chi connectivity index (χ2v) is 8.01. The van der Waals surface area contributed by atoms with Crippen LogP contribution in [0, 0.1) is 0 Å². The summed E-state index contributed by atoms with van der Waals surface area (Å²) < 4.78 is 27.4. The summed E-state index contributed by atoms with van der Waals surface area (Å²) in [5, 5.41) is 3.61. The Balaban J connectivity index is 1.80. The van der Waals surface area contributed by atoms with E-state index in [2.05, 4.69) is 15.0 Å². The first-order valence-corrected chi connectivity index (χ1v) is 9.89. The number of hydrogen-bond donors (Lipinski definition) is 2. The number of halogens is 2. The van der Waals surface area contributed by atoms with Crippen LogP contribution < -0.4 is 10.0 Å². The van der Waals surface area contributed by atoms with Crippen molar-refractivity contribution in [3.8, 4) is 0 Å². The molecule has 0 aliphatic rings. The van der Waals surface area contributed by atoms with Crippen LogP contribution in [0.5, 0.6) is 0 Å². The normalized spacial score (nSPS) is 11.0. The summed E-state index contributed by atoms with van der Waals surface area (Å²) in [5.74, 6) is -0.325. The molecule has 138 valence electrons. The molecule has 9 heteroatoms. The maximum Gasteiger partial charge on any atom is 0.263 e. The van der Waals surface area contributed by atoms with Gasteiger partial charge in [-0.25, -0.2) is 13.4 Å². The number of nitrogens with one attached hydrogen (secondary N) is 2. The third kappa shape index (κ3) is 4.97. The van der Waals surface area contributed by atoms with Crippen molar-refractivity contribution in [3.63, 3.8) is 0 Å². The fourth-order valence-corrected chi connectivity index (χ4v) is 3.47. The average molecular weight is 422 g/mol. The summed E-state index contributed by atoms with van der Waals surface area (Å²) in [6.45, 7) is 0. The summed E-state index contributed by atoms with van der Waals surface area (Å²) in [6, 6.07) is 15.2. The van der Waals surface area contributed by atoms with Crippen LogP contribution in [0.25, 0.3) is 0 Å². The zero-order valence-corrected chi connectivity index (χ0v) is 16.0. The maximum atomic E-state index is 12.5. The quantitative estimate of drug-likeness (QED) is 0.636. The van der Waals surface area contributed by atoms with Gasteiger partial charge >= 0.3 is 0 Å². The molecule has 0 radical (unpaired) electrons. The number of sulfonamides is 1. The van der Waals surface area contributed by atoms with Crippen molar-refractivity contribution in [1.82, 2.24) is 4.98 Å². The van der Waals surface area contributed by atoms with Crippen molar-refractivity contribution in [2.75, 3.05) is 10.0 Å². The molecule has 27 heavy (non-hydrogen) atoms. The van der Waals surface area contributed by atoms with Gasteiger partial charge in [-0.15, -0.1) is 0 Å². The van der Waals surface area contributed by atoms with E-state index in [1.54, 1.807) is 24.3 Å². The third-order valence-electron chi connectivity index (χ3n) is 3.47. The Morgan fingerprint density at radius 2 is 1.63 bits per heavy atom. The number of nitrogens with zero attached hydrogens (tertiary/aromatic N) is 1. The van der Waals surface area contributed by atoms with E-state index in [9.17, 15) is 13.2 Å². The van der Waals surface area contributed by atoms with Gasteiger partial charge in [-0.05, 0) is 54.6 Å². The van der Waals surface area contributed by atoms with E-state index in [0.29, 0.717) is 15.7 Å². The highest BCUT2D eigenvalue weighted by Gasteiger charge is 2.17. The first-order chi connectivity index (χ1) is 12.8. The van der Waals surface area contributed by atoms with Gasteiger partial charge < -0.3 is 5.32 Å². The molecular formula is C18H13Cl2N3O3S. The molecule has 0 aliphatic heterocycles. The number of anilines is 2. The van der Waals surface area contributed by atoms with E-state index in [1.807, 2.05) is 0 Å². The van der Waals surface area contributed by atoms with Crippen molar-refractivity contribution in [2.45, 2.75) is 4.90 Å². The van der Waals surface area contributed by atoms with Gasteiger partial charge in [-0.3, -0.25) is 9.52 Å². The first kappa shape index (κ1) is 19.2. The maximum absolute atomic E-state index is 12.5. The Hall–Kier alpha value is -2.61. The summed E-state index contributed by atoms with van der Waals surface area (Å²) in [5.41, 5.74) is 0.734. The highest BCUT2D eigenvalue weighted by atomic mass is 35.5. The highest BCUT2D eigenvalue weighted by Crippen LogP contribution is 2.19. The molecule has 0 atom stereocenters. The summed E-state index contributed by atoms with van der Waals surface area (Å²) in [7, 11) is -3.91. The van der Waals surface area contributed by atoms with Gasteiger partial charge in [0, 0.05) is 22.5 Å². The van der Waals surface area contributed by atoms with Crippen molar-refractivity contribution < 1.29 is 13.2 Å². The predicted molar refractivity (Wildman–Crippen MR) is 106 cm³/mol. The molecule has 1 aromatic heterocycles. The number of amides is 1. The fraction of sp³-hybridized carbons (Fsp3) is 0. The van der Waals surface area contributed by atoms with Gasteiger partial charge in [-0.1, -0.05) is 29.3 Å². The van der Waals surface area contributed by atoms with Crippen molar-refractivity contribution in [3.05, 3.63) is 82.5 Å². The minimum Gasteiger partial charge on any atom is -0.322 e. The Kier molecular flexibility index (Phi) is 5.65. The topological polar surface area (TPSA) is 88.2 Å². The Bertz CT molecular complexity index is 1070. The highest BCUT2D eigenvalue weighted by molar-refractivity contribution is 7.92. The van der Waals surface area contributed by atoms with Gasteiger partial charge in [0.2, 0.25) is 0 Å². The zero-order chi connectivity index (χ0) is 19.4. The largest absolute Gasteiger partial charge is 0.322 e. The molecule has 6 nitrogen and oxygen atoms in total. The lowest BCUT2D eigenvalue weighted by Crippen LogP contribution is -2.16. The van der Waals surface area contributed by atoms with Gasteiger partial charge in [0.15, 0.2) is 0 Å². The summed E-state index contributed by atoms with van der Waals surface area (Å²) in [6.07, 6.45) is 1.33. The standard InChI is InChI=1S/C18H13Cl2N3O3S/c19-13-4-7-15(8-5-13)22-18(24)12-2-1-3-16(10-12)27(25,26)23-17-9-6-14(20)11-21-17/h1-11H,(H,21,23)(H,22,24). The molecule has 2 N–H and O–H groups in total. The second-order valence-electron chi connectivity index (χ2n) is 5.46. The number of pyridine rings is 1. The number of carbonyl (C=O) groups is 1. The lowest BCUT2D eigenvalue weighted by atomic mass is 10.2. The van der Waals surface area contributed by atoms with Crippen molar-refractivity contribution >= 4 is 50.6 Å². The smallest absolute Gasteiger partial charge is 0.263 e. The van der Waals surface area contributed by atoms with E-state index in [4.69, 9.17) is 23.2 Å². The van der Waals surface area contributed by atoms with E-state index in [0.717, 1.165) is 0 Å². The van der Waals surface area contributed by atoms with Crippen LogP contribution in [-0.2, 0) is 10.0 Å². The fourth-order valence-electron chi connectivity index (χ4n) is 2.17. The molecular weight excluding hydrogens is 409 g/mol. The second kappa shape index (κ2) is 7.96. The molecule has 0 aliphatic carbocycles. The van der Waals surface area contributed by atoms with Crippen LogP contribution in [0.1, 0.15) is 10.4 Å². The molecule has 0 saturated heterocycles. The molecule has 0 unspecified atom stereocenters. The van der Waals surface area contributed by atoms with Crippen LogP contribution >= 0.6 is 23.2 Å². The average Bonchev–Trinajstić information content (AvgIpc) is 2.65. The zero-order valence-electron chi connectivity index (χ0n) is 13.7. The number of rotatable bonds is 5. The first-order valence-electron chi connectivity index (χ1n) is 7.65. The van der Waals surface area contributed by atoms with E-state index >= 15 is 0 Å². The van der Waals surface area contributed by atoms with Crippen molar-refractivity contribution in [2.24, 2.45) is 0 Å². The Morgan fingerprint density at radius 1 is 0.926 bits per heavy atom. The third-order valence-corrected chi connectivity index (χ3v) is 5.30. The number of aromatic nitrogens is 1. The molecule has 1 heterocycles. The molecule has 0 spiro atoms.